The number of carbonyl (C=O) groups excluding carboxylic acids is 1. The maximum Gasteiger partial charge on any atom is 0.342 e. The molecule has 0 aliphatic heterocycles. The minimum absolute atomic E-state index is 0.0129. The van der Waals surface area contributed by atoms with Gasteiger partial charge < -0.3 is 9.30 Å². The molecule has 1 saturated carbocycles. The number of pyridine rings is 1. The molecular weight excluding hydrogens is 322 g/mol. The van der Waals surface area contributed by atoms with Crippen molar-refractivity contribution >= 4 is 22.6 Å². The van der Waals surface area contributed by atoms with Crippen LogP contribution in [-0.2, 0) is 4.74 Å². The number of nitro groups is 1. The van der Waals surface area contributed by atoms with Crippen molar-refractivity contribution in [3.8, 4) is 0 Å². The quantitative estimate of drug-likeness (QED) is 0.473. The van der Waals surface area contributed by atoms with Gasteiger partial charge in [-0.05, 0) is 39.7 Å². The Morgan fingerprint density at radius 1 is 1.40 bits per heavy atom. The van der Waals surface area contributed by atoms with Gasteiger partial charge in [0.2, 0.25) is 0 Å². The monoisotopic (exact) mass is 343 g/mol. The Morgan fingerprint density at radius 2 is 2.12 bits per heavy atom. The van der Waals surface area contributed by atoms with E-state index >= 15 is 0 Å². The Labute approximate surface area is 145 Å². The highest BCUT2D eigenvalue weighted by molar-refractivity contribution is 5.95. The van der Waals surface area contributed by atoms with E-state index in [4.69, 9.17) is 4.74 Å². The standard InChI is InChI=1S/C18H21N3O4/c1-4-19-17-14-10-13(21(23)24)8-9-15(14)20(12-6-7-12)11(3)16(17)18(22)25-5-2/h8-10,12H,4-7H2,1-3H3. The van der Waals surface area contributed by atoms with E-state index in [1.165, 1.54) is 12.1 Å². The minimum Gasteiger partial charge on any atom is -0.462 e. The summed E-state index contributed by atoms with van der Waals surface area (Å²) in [6.07, 6.45) is 2.06. The van der Waals surface area contributed by atoms with Gasteiger partial charge in [0.15, 0.2) is 0 Å². The number of non-ortho nitro benzene ring substituents is 1. The van der Waals surface area contributed by atoms with E-state index in [-0.39, 0.29) is 12.3 Å². The summed E-state index contributed by atoms with van der Waals surface area (Å²) in [6, 6.07) is 5.07. The van der Waals surface area contributed by atoms with Crippen molar-refractivity contribution in [2.45, 2.75) is 39.7 Å². The van der Waals surface area contributed by atoms with Crippen LogP contribution >= 0.6 is 0 Å². The van der Waals surface area contributed by atoms with Gasteiger partial charge in [0.25, 0.3) is 5.69 Å². The number of carbonyl (C=O) groups is 1. The highest BCUT2D eigenvalue weighted by Gasteiger charge is 2.30. The van der Waals surface area contributed by atoms with E-state index in [0.29, 0.717) is 28.9 Å². The van der Waals surface area contributed by atoms with Crippen molar-refractivity contribution < 1.29 is 14.5 Å². The molecular formula is C18H21N3O4. The highest BCUT2D eigenvalue weighted by Crippen LogP contribution is 2.39. The zero-order chi connectivity index (χ0) is 18.1. The van der Waals surface area contributed by atoms with Gasteiger partial charge in [-0.3, -0.25) is 15.1 Å². The van der Waals surface area contributed by atoms with Gasteiger partial charge in [-0.15, -0.1) is 0 Å². The molecule has 0 N–H and O–H groups in total. The number of hydrogen-bond acceptors (Lipinski definition) is 5. The number of hydrogen-bond donors (Lipinski definition) is 0. The smallest absolute Gasteiger partial charge is 0.342 e. The minimum atomic E-state index is -0.435. The fourth-order valence-corrected chi connectivity index (χ4v) is 3.22. The zero-order valence-corrected chi connectivity index (χ0v) is 14.6. The third-order valence-electron chi connectivity index (χ3n) is 4.37. The molecule has 0 radical (unpaired) electrons. The van der Waals surface area contributed by atoms with Crippen LogP contribution in [0.4, 0.5) is 5.69 Å². The average molecular weight is 343 g/mol. The molecule has 1 aromatic heterocycles. The number of esters is 1. The molecule has 2 aromatic rings. The number of rotatable bonds is 5. The van der Waals surface area contributed by atoms with Crippen LogP contribution in [0.2, 0.25) is 0 Å². The van der Waals surface area contributed by atoms with Crippen molar-refractivity contribution in [2.75, 3.05) is 13.2 Å². The molecule has 0 unspecified atom stereocenters. The Balaban J connectivity index is 2.45. The van der Waals surface area contributed by atoms with Gasteiger partial charge in [-0.2, -0.15) is 0 Å². The topological polar surface area (TPSA) is 86.7 Å². The number of benzene rings is 1. The van der Waals surface area contributed by atoms with Gasteiger partial charge in [0, 0.05) is 35.8 Å². The first kappa shape index (κ1) is 17.1. The molecule has 0 amide bonds. The van der Waals surface area contributed by atoms with E-state index in [9.17, 15) is 14.9 Å². The van der Waals surface area contributed by atoms with Crippen molar-refractivity contribution in [2.24, 2.45) is 4.99 Å². The summed E-state index contributed by atoms with van der Waals surface area (Å²) in [5, 5.41) is 12.3. The Bertz CT molecular complexity index is 926. The Morgan fingerprint density at radius 3 is 2.68 bits per heavy atom. The third kappa shape index (κ3) is 3.01. The Kier molecular flexibility index (Phi) is 4.57. The average Bonchev–Trinajstić information content (AvgIpc) is 3.39. The van der Waals surface area contributed by atoms with E-state index in [0.717, 1.165) is 24.1 Å². The van der Waals surface area contributed by atoms with Crippen LogP contribution in [0.1, 0.15) is 48.8 Å². The maximum absolute atomic E-state index is 12.6. The van der Waals surface area contributed by atoms with Crippen molar-refractivity contribution in [1.29, 1.82) is 0 Å². The van der Waals surface area contributed by atoms with Crippen molar-refractivity contribution in [3.63, 3.8) is 0 Å². The van der Waals surface area contributed by atoms with Gasteiger partial charge in [-0.25, -0.2) is 4.79 Å². The number of nitrogens with zero attached hydrogens (tertiary/aromatic N) is 3. The van der Waals surface area contributed by atoms with Gasteiger partial charge in [0.1, 0.15) is 5.56 Å². The van der Waals surface area contributed by atoms with Crippen molar-refractivity contribution in [1.82, 2.24) is 4.57 Å². The molecule has 3 rings (SSSR count). The summed E-state index contributed by atoms with van der Waals surface area (Å²) >= 11 is 0. The van der Waals surface area contributed by atoms with Crippen LogP contribution < -0.4 is 5.36 Å². The molecule has 0 spiro atoms. The molecule has 1 fully saturated rings. The molecule has 1 aliphatic rings. The molecule has 132 valence electrons. The summed E-state index contributed by atoms with van der Waals surface area (Å²) in [6.45, 7) is 6.25. The normalized spacial score (nSPS) is 14.8. The molecule has 0 saturated heterocycles. The van der Waals surface area contributed by atoms with E-state index in [1.54, 1.807) is 13.0 Å². The van der Waals surface area contributed by atoms with E-state index in [2.05, 4.69) is 9.56 Å². The first-order valence-corrected chi connectivity index (χ1v) is 8.50. The molecule has 7 nitrogen and oxygen atoms in total. The lowest BCUT2D eigenvalue weighted by Crippen LogP contribution is -2.25. The maximum atomic E-state index is 12.6. The molecule has 0 atom stereocenters. The molecule has 1 heterocycles. The zero-order valence-electron chi connectivity index (χ0n) is 14.6. The molecule has 25 heavy (non-hydrogen) atoms. The second-order valence-corrected chi connectivity index (χ2v) is 6.06. The van der Waals surface area contributed by atoms with Gasteiger partial charge >= 0.3 is 5.97 Å². The van der Waals surface area contributed by atoms with Crippen LogP contribution in [0.5, 0.6) is 0 Å². The molecule has 7 heteroatoms. The summed E-state index contributed by atoms with van der Waals surface area (Å²) in [4.78, 5) is 27.9. The van der Waals surface area contributed by atoms with Crippen LogP contribution in [0.25, 0.3) is 10.9 Å². The molecule has 1 aliphatic carbocycles. The predicted octanol–water partition coefficient (Wildman–Crippen LogP) is 3.29. The first-order chi connectivity index (χ1) is 12.0. The van der Waals surface area contributed by atoms with Crippen LogP contribution in [0.3, 0.4) is 0 Å². The van der Waals surface area contributed by atoms with Gasteiger partial charge in [-0.1, -0.05) is 0 Å². The number of aromatic nitrogens is 1. The molecule has 1 aromatic carbocycles. The second-order valence-electron chi connectivity index (χ2n) is 6.06. The van der Waals surface area contributed by atoms with Crippen LogP contribution in [0.15, 0.2) is 23.2 Å². The molecule has 0 bridgehead atoms. The van der Waals surface area contributed by atoms with Crippen LogP contribution in [0, 0.1) is 17.0 Å². The van der Waals surface area contributed by atoms with E-state index < -0.39 is 10.9 Å². The predicted molar refractivity (Wildman–Crippen MR) is 93.7 cm³/mol. The van der Waals surface area contributed by atoms with Crippen LogP contribution in [-0.4, -0.2) is 28.6 Å². The summed E-state index contributed by atoms with van der Waals surface area (Å²) in [5.74, 6) is -0.435. The summed E-state index contributed by atoms with van der Waals surface area (Å²) < 4.78 is 7.33. The highest BCUT2D eigenvalue weighted by atomic mass is 16.6. The summed E-state index contributed by atoms with van der Waals surface area (Å²) in [5.41, 5.74) is 2.06. The number of ether oxygens (including phenoxy) is 1. The van der Waals surface area contributed by atoms with Gasteiger partial charge in [0.05, 0.1) is 22.4 Å². The SMILES string of the molecule is CCN=c1c(C(=O)OCC)c(C)n(C2CC2)c2ccc([N+](=O)[O-])cc12. The third-order valence-corrected chi connectivity index (χ3v) is 4.37. The van der Waals surface area contributed by atoms with E-state index in [1.807, 2.05) is 13.8 Å². The lowest BCUT2D eigenvalue weighted by atomic mass is 10.1. The second kappa shape index (κ2) is 6.66. The largest absolute Gasteiger partial charge is 0.462 e. The number of fused-ring (bicyclic) bond motifs is 1. The lowest BCUT2D eigenvalue weighted by molar-refractivity contribution is -0.384. The summed E-state index contributed by atoms with van der Waals surface area (Å²) in [7, 11) is 0. The fraction of sp³-hybridized carbons (Fsp3) is 0.444. The lowest BCUT2D eigenvalue weighted by Gasteiger charge is -2.18. The Hall–Kier alpha value is -2.70. The fourth-order valence-electron chi connectivity index (χ4n) is 3.22. The first-order valence-electron chi connectivity index (χ1n) is 8.50. The van der Waals surface area contributed by atoms with Crippen molar-refractivity contribution in [3.05, 3.63) is 44.9 Å². The number of nitro benzene ring substituents is 1.